The average molecular weight is 416 g/mol. The van der Waals surface area contributed by atoms with E-state index in [0.29, 0.717) is 18.7 Å². The topological polar surface area (TPSA) is 46.6 Å². The van der Waals surface area contributed by atoms with Crippen molar-refractivity contribution in [2.24, 2.45) is 5.92 Å². The molecule has 0 heterocycles. The van der Waals surface area contributed by atoms with Crippen molar-refractivity contribution in [3.05, 3.63) is 102 Å². The molecule has 3 rings (SSSR count). The Bertz CT molecular complexity index is 982. The highest BCUT2D eigenvalue weighted by molar-refractivity contribution is 5.86. The zero-order valence-corrected chi connectivity index (χ0v) is 18.3. The second-order valence-corrected chi connectivity index (χ2v) is 8.15. The Morgan fingerprint density at radius 2 is 1.42 bits per heavy atom. The SMILES string of the molecule is Cc1ccc(C(C(=O)Oc2ccccc2)N(Cc2ccccc2)C(=O)CC(C)C)cc1. The lowest BCUT2D eigenvalue weighted by atomic mass is 10.0. The van der Waals surface area contributed by atoms with E-state index in [1.54, 1.807) is 17.0 Å². The molecule has 31 heavy (non-hydrogen) atoms. The van der Waals surface area contributed by atoms with Crippen LogP contribution in [0.2, 0.25) is 0 Å². The predicted octanol–water partition coefficient (Wildman–Crippen LogP) is 5.72. The Hall–Kier alpha value is -3.40. The average Bonchev–Trinajstić information content (AvgIpc) is 2.75. The summed E-state index contributed by atoms with van der Waals surface area (Å²) in [5.74, 6) is 0.0905. The van der Waals surface area contributed by atoms with Gasteiger partial charge in [0.15, 0.2) is 6.04 Å². The maximum absolute atomic E-state index is 13.4. The second-order valence-electron chi connectivity index (χ2n) is 8.15. The first-order valence-electron chi connectivity index (χ1n) is 10.6. The highest BCUT2D eigenvalue weighted by atomic mass is 16.5. The summed E-state index contributed by atoms with van der Waals surface area (Å²) in [6, 6.07) is 25.5. The van der Waals surface area contributed by atoms with Crippen LogP contribution in [0.3, 0.4) is 0 Å². The van der Waals surface area contributed by atoms with E-state index in [4.69, 9.17) is 4.74 Å². The van der Waals surface area contributed by atoms with Gasteiger partial charge in [-0.15, -0.1) is 0 Å². The molecule has 1 unspecified atom stereocenters. The summed E-state index contributed by atoms with van der Waals surface area (Å²) in [6.07, 6.45) is 0.355. The minimum absolute atomic E-state index is 0.0746. The monoisotopic (exact) mass is 415 g/mol. The van der Waals surface area contributed by atoms with E-state index in [-0.39, 0.29) is 11.8 Å². The van der Waals surface area contributed by atoms with Crippen molar-refractivity contribution < 1.29 is 14.3 Å². The van der Waals surface area contributed by atoms with Gasteiger partial charge in [0.05, 0.1) is 0 Å². The lowest BCUT2D eigenvalue weighted by Crippen LogP contribution is -2.40. The smallest absolute Gasteiger partial charge is 0.338 e. The summed E-state index contributed by atoms with van der Waals surface area (Å²) >= 11 is 0. The quantitative estimate of drug-likeness (QED) is 0.349. The maximum Gasteiger partial charge on any atom is 0.338 e. The van der Waals surface area contributed by atoms with Crippen LogP contribution < -0.4 is 4.74 Å². The van der Waals surface area contributed by atoms with Gasteiger partial charge in [-0.2, -0.15) is 0 Å². The molecular weight excluding hydrogens is 386 g/mol. The molecule has 0 fully saturated rings. The van der Waals surface area contributed by atoms with Gasteiger partial charge in [-0.25, -0.2) is 4.79 Å². The van der Waals surface area contributed by atoms with Gasteiger partial charge in [-0.05, 0) is 36.1 Å². The molecule has 0 saturated carbocycles. The summed E-state index contributed by atoms with van der Waals surface area (Å²) in [6.45, 7) is 6.32. The molecule has 0 aliphatic rings. The number of esters is 1. The van der Waals surface area contributed by atoms with Crippen LogP contribution in [-0.4, -0.2) is 16.8 Å². The highest BCUT2D eigenvalue weighted by Gasteiger charge is 2.33. The van der Waals surface area contributed by atoms with Gasteiger partial charge >= 0.3 is 5.97 Å². The number of ether oxygens (including phenoxy) is 1. The lowest BCUT2D eigenvalue weighted by Gasteiger charge is -2.31. The van der Waals surface area contributed by atoms with Crippen LogP contribution in [0.5, 0.6) is 5.75 Å². The van der Waals surface area contributed by atoms with Crippen LogP contribution in [-0.2, 0) is 16.1 Å². The fourth-order valence-electron chi connectivity index (χ4n) is 3.42. The molecule has 1 amide bonds. The summed E-state index contributed by atoms with van der Waals surface area (Å²) in [7, 11) is 0. The standard InChI is InChI=1S/C27H29NO3/c1-20(2)18-25(29)28(19-22-10-6-4-7-11-22)26(23-16-14-21(3)15-17-23)27(30)31-24-12-8-5-9-13-24/h4-17,20,26H,18-19H2,1-3H3. The number of hydrogen-bond acceptors (Lipinski definition) is 3. The van der Waals surface area contributed by atoms with Gasteiger partial charge < -0.3 is 9.64 Å². The zero-order valence-electron chi connectivity index (χ0n) is 18.3. The first kappa shape index (κ1) is 22.3. The first-order valence-corrected chi connectivity index (χ1v) is 10.6. The van der Waals surface area contributed by atoms with Gasteiger partial charge in [0, 0.05) is 13.0 Å². The number of benzene rings is 3. The van der Waals surface area contributed by atoms with Gasteiger partial charge in [0.1, 0.15) is 5.75 Å². The van der Waals surface area contributed by atoms with Crippen LogP contribution in [0.25, 0.3) is 0 Å². The van der Waals surface area contributed by atoms with E-state index in [9.17, 15) is 9.59 Å². The van der Waals surface area contributed by atoms with Crippen LogP contribution in [0.1, 0.15) is 43.0 Å². The van der Waals surface area contributed by atoms with E-state index in [1.807, 2.05) is 93.6 Å². The molecule has 1 atom stereocenters. The number of carbonyl (C=O) groups is 2. The molecule has 0 radical (unpaired) electrons. The number of para-hydroxylation sites is 1. The molecule has 0 aliphatic heterocycles. The molecular formula is C27H29NO3. The molecule has 0 N–H and O–H groups in total. The minimum Gasteiger partial charge on any atom is -0.425 e. The number of nitrogens with zero attached hydrogens (tertiary/aromatic N) is 1. The molecule has 0 aromatic heterocycles. The van der Waals surface area contributed by atoms with Gasteiger partial charge in [-0.1, -0.05) is 92.2 Å². The third kappa shape index (κ3) is 6.29. The Kier molecular flexibility index (Phi) is 7.60. The van der Waals surface area contributed by atoms with Crippen molar-refractivity contribution in [1.29, 1.82) is 0 Å². The lowest BCUT2D eigenvalue weighted by molar-refractivity contribution is -0.149. The van der Waals surface area contributed by atoms with Crippen LogP contribution >= 0.6 is 0 Å². The summed E-state index contributed by atoms with van der Waals surface area (Å²) in [5.41, 5.74) is 2.78. The molecule has 0 bridgehead atoms. The Labute approximate surface area is 184 Å². The molecule has 3 aromatic carbocycles. The molecule has 4 nitrogen and oxygen atoms in total. The normalized spacial score (nSPS) is 11.7. The summed E-state index contributed by atoms with van der Waals surface area (Å²) in [5, 5.41) is 0. The van der Waals surface area contributed by atoms with Crippen molar-refractivity contribution in [2.75, 3.05) is 0 Å². The molecule has 0 aliphatic carbocycles. The third-order valence-corrected chi connectivity index (χ3v) is 4.99. The van der Waals surface area contributed by atoms with E-state index in [2.05, 4.69) is 0 Å². The van der Waals surface area contributed by atoms with Crippen molar-refractivity contribution in [3.63, 3.8) is 0 Å². The van der Waals surface area contributed by atoms with Gasteiger partial charge in [-0.3, -0.25) is 4.79 Å². The van der Waals surface area contributed by atoms with Crippen molar-refractivity contribution >= 4 is 11.9 Å². The number of hydrogen-bond donors (Lipinski definition) is 0. The van der Waals surface area contributed by atoms with Gasteiger partial charge in [0.25, 0.3) is 0 Å². The van der Waals surface area contributed by atoms with Gasteiger partial charge in [0.2, 0.25) is 5.91 Å². The fourth-order valence-corrected chi connectivity index (χ4v) is 3.42. The summed E-state index contributed by atoms with van der Waals surface area (Å²) in [4.78, 5) is 28.4. The van der Waals surface area contributed by atoms with Crippen molar-refractivity contribution in [1.82, 2.24) is 4.90 Å². The fraction of sp³-hybridized carbons (Fsp3) is 0.259. The number of carbonyl (C=O) groups excluding carboxylic acids is 2. The van der Waals surface area contributed by atoms with E-state index in [0.717, 1.165) is 16.7 Å². The summed E-state index contributed by atoms with van der Waals surface area (Å²) < 4.78 is 5.70. The Morgan fingerprint density at radius 1 is 0.839 bits per heavy atom. The number of rotatable bonds is 8. The molecule has 160 valence electrons. The predicted molar refractivity (Wildman–Crippen MR) is 122 cm³/mol. The second kappa shape index (κ2) is 10.6. The largest absolute Gasteiger partial charge is 0.425 e. The number of amides is 1. The van der Waals surface area contributed by atoms with Crippen molar-refractivity contribution in [2.45, 2.75) is 39.8 Å². The van der Waals surface area contributed by atoms with Crippen molar-refractivity contribution in [3.8, 4) is 5.75 Å². The Balaban J connectivity index is 2.01. The zero-order chi connectivity index (χ0) is 22.2. The molecule has 4 heteroatoms. The first-order chi connectivity index (χ1) is 14.9. The third-order valence-electron chi connectivity index (χ3n) is 4.99. The Morgan fingerprint density at radius 3 is 2.00 bits per heavy atom. The highest BCUT2D eigenvalue weighted by Crippen LogP contribution is 2.28. The molecule has 0 spiro atoms. The maximum atomic E-state index is 13.4. The molecule has 3 aromatic rings. The van der Waals surface area contributed by atoms with Crippen LogP contribution in [0.15, 0.2) is 84.9 Å². The van der Waals surface area contributed by atoms with E-state index in [1.165, 1.54) is 0 Å². The van der Waals surface area contributed by atoms with E-state index < -0.39 is 12.0 Å². The minimum atomic E-state index is -0.840. The van der Waals surface area contributed by atoms with Crippen LogP contribution in [0.4, 0.5) is 0 Å². The molecule has 0 saturated heterocycles. The number of aryl methyl sites for hydroxylation is 1. The van der Waals surface area contributed by atoms with Crippen LogP contribution in [0, 0.1) is 12.8 Å². The van der Waals surface area contributed by atoms with E-state index >= 15 is 0 Å².